The maximum absolute atomic E-state index is 13.7. The first-order chi connectivity index (χ1) is 17.2. The minimum atomic E-state index is -0.143. The molecule has 2 amide bonds. The van der Waals surface area contributed by atoms with Crippen molar-refractivity contribution in [1.82, 2.24) is 30.4 Å². The first-order valence-electron chi connectivity index (χ1n) is 11.4. The van der Waals surface area contributed by atoms with Crippen LogP contribution in [-0.4, -0.2) is 56.1 Å². The Morgan fingerprint density at radius 2 is 1.66 bits per heavy atom. The van der Waals surface area contributed by atoms with Crippen molar-refractivity contribution in [3.8, 4) is 11.4 Å². The van der Waals surface area contributed by atoms with Crippen LogP contribution in [0.25, 0.3) is 23.2 Å². The molecule has 0 aliphatic carbocycles. The summed E-state index contributed by atoms with van der Waals surface area (Å²) in [6.07, 6.45) is 3.19. The minimum Gasteiger partial charge on any atom is -0.349 e. The van der Waals surface area contributed by atoms with E-state index in [0.29, 0.717) is 43.0 Å². The lowest BCUT2D eigenvalue weighted by Gasteiger charge is -2.33. The summed E-state index contributed by atoms with van der Waals surface area (Å²) in [4.78, 5) is 29.0. The van der Waals surface area contributed by atoms with E-state index in [1.54, 1.807) is 28.4 Å². The fourth-order valence-corrected chi connectivity index (χ4v) is 4.74. The van der Waals surface area contributed by atoms with Gasteiger partial charge in [0.05, 0.1) is 0 Å². The molecule has 1 saturated heterocycles. The number of hydrogen-bond acceptors (Lipinski definition) is 6. The third kappa shape index (κ3) is 5.20. The van der Waals surface area contributed by atoms with E-state index in [-0.39, 0.29) is 17.9 Å². The molecule has 3 heterocycles. The molecule has 0 atom stereocenters. The second kappa shape index (κ2) is 10.4. The van der Waals surface area contributed by atoms with Gasteiger partial charge in [-0.3, -0.25) is 9.59 Å². The Kier molecular flexibility index (Phi) is 6.76. The number of rotatable bonds is 6. The fourth-order valence-electron chi connectivity index (χ4n) is 4.09. The molecule has 0 saturated carbocycles. The number of nitrogens with zero attached hydrogens (tertiary/aromatic N) is 5. The molecule has 4 aromatic rings. The SMILES string of the molecule is O=C(NC1CCN(C(=O)/C(=C/c2cccs2)n2nnnc2-c2ccccc2)CC1)c1ccccc1. The summed E-state index contributed by atoms with van der Waals surface area (Å²) in [5, 5.41) is 17.3. The highest BCUT2D eigenvalue weighted by atomic mass is 32.1. The van der Waals surface area contributed by atoms with Crippen molar-refractivity contribution in [1.29, 1.82) is 0 Å². The molecule has 5 rings (SSSR count). The lowest BCUT2D eigenvalue weighted by molar-refractivity contribution is -0.126. The quantitative estimate of drug-likeness (QED) is 0.420. The van der Waals surface area contributed by atoms with Crippen molar-refractivity contribution in [2.75, 3.05) is 13.1 Å². The number of carbonyl (C=O) groups is 2. The third-order valence-electron chi connectivity index (χ3n) is 5.92. The van der Waals surface area contributed by atoms with Crippen LogP contribution in [0.4, 0.5) is 0 Å². The van der Waals surface area contributed by atoms with Crippen molar-refractivity contribution in [2.45, 2.75) is 18.9 Å². The van der Waals surface area contributed by atoms with Crippen LogP contribution in [0.5, 0.6) is 0 Å². The van der Waals surface area contributed by atoms with Crippen molar-refractivity contribution >= 4 is 34.9 Å². The number of carbonyl (C=O) groups excluding carboxylic acids is 2. The normalized spacial score (nSPS) is 14.6. The highest BCUT2D eigenvalue weighted by Crippen LogP contribution is 2.24. The van der Waals surface area contributed by atoms with Crippen molar-refractivity contribution in [2.24, 2.45) is 0 Å². The van der Waals surface area contributed by atoms with Gasteiger partial charge in [-0.25, -0.2) is 0 Å². The fraction of sp³-hybridized carbons (Fsp3) is 0.192. The lowest BCUT2D eigenvalue weighted by Crippen LogP contribution is -2.47. The van der Waals surface area contributed by atoms with Gasteiger partial charge in [-0.15, -0.1) is 16.4 Å². The second-order valence-electron chi connectivity index (χ2n) is 8.23. The Morgan fingerprint density at radius 1 is 0.943 bits per heavy atom. The monoisotopic (exact) mass is 484 g/mol. The molecule has 0 spiro atoms. The predicted molar refractivity (Wildman–Crippen MR) is 135 cm³/mol. The average molecular weight is 485 g/mol. The number of nitrogens with one attached hydrogen (secondary N) is 1. The molecule has 0 bridgehead atoms. The topological polar surface area (TPSA) is 93.0 Å². The van der Waals surface area contributed by atoms with Gasteiger partial charge >= 0.3 is 0 Å². The molecule has 0 unspecified atom stereocenters. The van der Waals surface area contributed by atoms with Crippen LogP contribution < -0.4 is 5.32 Å². The summed E-state index contributed by atoms with van der Waals surface area (Å²) >= 11 is 1.54. The van der Waals surface area contributed by atoms with Gasteiger partial charge in [-0.1, -0.05) is 54.6 Å². The zero-order valence-corrected chi connectivity index (χ0v) is 19.8. The molecule has 1 aliphatic heterocycles. The van der Waals surface area contributed by atoms with Crippen LogP contribution in [0.3, 0.4) is 0 Å². The number of aromatic nitrogens is 4. The third-order valence-corrected chi connectivity index (χ3v) is 6.74. The summed E-state index contributed by atoms with van der Waals surface area (Å²) in [5.41, 5.74) is 1.85. The Balaban J connectivity index is 1.34. The summed E-state index contributed by atoms with van der Waals surface area (Å²) < 4.78 is 1.51. The van der Waals surface area contributed by atoms with Crippen molar-refractivity contribution < 1.29 is 9.59 Å². The number of benzene rings is 2. The number of likely N-dealkylation sites (tertiary alicyclic amines) is 1. The summed E-state index contributed by atoms with van der Waals surface area (Å²) in [5.74, 6) is 0.275. The lowest BCUT2D eigenvalue weighted by atomic mass is 10.0. The standard InChI is InChI=1S/C26H24N6O2S/c33-25(20-10-5-2-6-11-20)27-21-13-15-31(16-14-21)26(34)23(18-22-12-7-17-35-22)32-24(28-29-30-32)19-8-3-1-4-9-19/h1-12,17-18,21H,13-16H2,(H,27,33)/b23-18-. The number of thiophene rings is 1. The summed E-state index contributed by atoms with van der Waals surface area (Å²) in [6, 6.07) is 22.7. The first kappa shape index (κ1) is 22.7. The Labute approximate surface area is 206 Å². The van der Waals surface area contributed by atoms with E-state index in [9.17, 15) is 9.59 Å². The second-order valence-corrected chi connectivity index (χ2v) is 9.21. The first-order valence-corrected chi connectivity index (χ1v) is 12.3. The van der Waals surface area contributed by atoms with Crippen molar-refractivity contribution in [3.63, 3.8) is 0 Å². The van der Waals surface area contributed by atoms with Gasteiger partial charge in [0, 0.05) is 35.1 Å². The van der Waals surface area contributed by atoms with Gasteiger partial charge < -0.3 is 10.2 Å². The molecule has 1 aliphatic rings. The largest absolute Gasteiger partial charge is 0.349 e. The Bertz CT molecular complexity index is 1310. The zero-order valence-electron chi connectivity index (χ0n) is 18.9. The maximum Gasteiger partial charge on any atom is 0.272 e. The molecule has 0 radical (unpaired) electrons. The predicted octanol–water partition coefficient (Wildman–Crippen LogP) is 3.82. The van der Waals surface area contributed by atoms with E-state index in [4.69, 9.17) is 0 Å². The highest BCUT2D eigenvalue weighted by Gasteiger charge is 2.28. The van der Waals surface area contributed by atoms with E-state index in [0.717, 1.165) is 10.4 Å². The van der Waals surface area contributed by atoms with Crippen LogP contribution in [-0.2, 0) is 4.79 Å². The van der Waals surface area contributed by atoms with Gasteiger partial charge in [0.1, 0.15) is 5.70 Å². The van der Waals surface area contributed by atoms with Gasteiger partial charge in [0.2, 0.25) is 0 Å². The van der Waals surface area contributed by atoms with Crippen LogP contribution in [0, 0.1) is 0 Å². The summed E-state index contributed by atoms with van der Waals surface area (Å²) in [6.45, 7) is 1.06. The van der Waals surface area contributed by atoms with Gasteiger partial charge in [0.25, 0.3) is 11.8 Å². The number of tetrazole rings is 1. The van der Waals surface area contributed by atoms with Crippen LogP contribution in [0.15, 0.2) is 78.2 Å². The molecule has 1 N–H and O–H groups in total. The minimum absolute atomic E-state index is 0.0180. The van der Waals surface area contributed by atoms with Crippen LogP contribution in [0.2, 0.25) is 0 Å². The van der Waals surface area contributed by atoms with E-state index in [1.807, 2.05) is 72.1 Å². The smallest absolute Gasteiger partial charge is 0.272 e. The molecule has 8 nitrogen and oxygen atoms in total. The molecular formula is C26H24N6O2S. The number of piperidine rings is 1. The molecule has 2 aromatic heterocycles. The van der Waals surface area contributed by atoms with E-state index in [2.05, 4.69) is 20.8 Å². The Morgan fingerprint density at radius 3 is 2.34 bits per heavy atom. The van der Waals surface area contributed by atoms with Gasteiger partial charge in [0.15, 0.2) is 5.82 Å². The molecule has 9 heteroatoms. The molecule has 176 valence electrons. The van der Waals surface area contributed by atoms with E-state index in [1.165, 1.54) is 4.68 Å². The zero-order chi connectivity index (χ0) is 24.0. The molecule has 2 aromatic carbocycles. The highest BCUT2D eigenvalue weighted by molar-refractivity contribution is 7.10. The number of amides is 2. The van der Waals surface area contributed by atoms with Crippen LogP contribution in [0.1, 0.15) is 28.1 Å². The van der Waals surface area contributed by atoms with Gasteiger partial charge in [-0.2, -0.15) is 4.68 Å². The van der Waals surface area contributed by atoms with E-state index < -0.39 is 0 Å². The summed E-state index contributed by atoms with van der Waals surface area (Å²) in [7, 11) is 0. The average Bonchev–Trinajstić information content (AvgIpc) is 3.61. The molecule has 1 fully saturated rings. The van der Waals surface area contributed by atoms with Crippen molar-refractivity contribution in [3.05, 3.63) is 88.6 Å². The number of hydrogen-bond donors (Lipinski definition) is 1. The van der Waals surface area contributed by atoms with Gasteiger partial charge in [-0.05, 0) is 52.9 Å². The maximum atomic E-state index is 13.7. The van der Waals surface area contributed by atoms with Crippen LogP contribution >= 0.6 is 11.3 Å². The molecule has 35 heavy (non-hydrogen) atoms. The van der Waals surface area contributed by atoms with E-state index >= 15 is 0 Å². The molecular weight excluding hydrogens is 460 g/mol. The Hall–Kier alpha value is -4.11.